The average Bonchev–Trinajstić information content (AvgIpc) is 2.66. The van der Waals surface area contributed by atoms with Gasteiger partial charge in [0.1, 0.15) is 0 Å². The second-order valence-electron chi connectivity index (χ2n) is 2.47. The molecule has 0 unspecified atom stereocenters. The van der Waals surface area contributed by atoms with Crippen LogP contribution < -0.4 is 0 Å². The molecule has 0 bridgehead atoms. The first-order valence-electron chi connectivity index (χ1n) is 4.13. The molecule has 0 aliphatic carbocycles. The minimum absolute atomic E-state index is 0.0736. The van der Waals surface area contributed by atoms with E-state index in [1.807, 2.05) is 0 Å². The normalized spacial score (nSPS) is 11.4. The molecular formula is C8H11N3O3. The lowest BCUT2D eigenvalue weighted by Gasteiger charge is -2.03. The Hall–Kier alpha value is -1.85. The van der Waals surface area contributed by atoms with Crippen molar-refractivity contribution in [1.82, 2.24) is 9.78 Å². The first kappa shape index (κ1) is 10.2. The van der Waals surface area contributed by atoms with Crippen molar-refractivity contribution >= 4 is 11.7 Å². The summed E-state index contributed by atoms with van der Waals surface area (Å²) in [5.41, 5.74) is -0.0736. The van der Waals surface area contributed by atoms with E-state index in [4.69, 9.17) is 5.21 Å². The molecule has 14 heavy (non-hydrogen) atoms. The Bertz CT molecular complexity index is 319. The van der Waals surface area contributed by atoms with E-state index in [9.17, 15) is 4.79 Å². The molecule has 76 valence electrons. The van der Waals surface area contributed by atoms with Crippen LogP contribution >= 0.6 is 0 Å². The summed E-state index contributed by atoms with van der Waals surface area (Å²) in [6, 6.07) is 1.71. The highest BCUT2D eigenvalue weighted by atomic mass is 16.5. The van der Waals surface area contributed by atoms with Gasteiger partial charge in [0.05, 0.1) is 13.2 Å². The lowest BCUT2D eigenvalue weighted by atomic mass is 10.4. The zero-order valence-electron chi connectivity index (χ0n) is 7.75. The van der Waals surface area contributed by atoms with Gasteiger partial charge in [-0.15, -0.1) is 0 Å². The number of hydrogen-bond donors (Lipinski definition) is 1. The summed E-state index contributed by atoms with van der Waals surface area (Å²) in [6.07, 6.45) is 3.23. The number of carbonyl (C=O) groups is 1. The molecule has 0 spiro atoms. The number of oxime groups is 1. The van der Waals surface area contributed by atoms with Crippen LogP contribution in [0.3, 0.4) is 0 Å². The van der Waals surface area contributed by atoms with Crippen LogP contribution in [0, 0.1) is 0 Å². The minimum Gasteiger partial charge on any atom is -0.461 e. The SMILES string of the molecule is CCOC(=O)/C(Cn1cccn1)=N/O. The van der Waals surface area contributed by atoms with Gasteiger partial charge in [0, 0.05) is 12.4 Å². The Balaban J connectivity index is 2.61. The number of rotatable bonds is 4. The van der Waals surface area contributed by atoms with E-state index in [2.05, 4.69) is 15.0 Å². The largest absolute Gasteiger partial charge is 0.461 e. The van der Waals surface area contributed by atoms with Gasteiger partial charge in [-0.1, -0.05) is 5.16 Å². The molecule has 0 aromatic carbocycles. The molecule has 0 amide bonds. The summed E-state index contributed by atoms with van der Waals surface area (Å²) in [5, 5.41) is 15.3. The van der Waals surface area contributed by atoms with Crippen LogP contribution in [0.4, 0.5) is 0 Å². The smallest absolute Gasteiger partial charge is 0.358 e. The Morgan fingerprint density at radius 2 is 2.50 bits per heavy atom. The van der Waals surface area contributed by atoms with Crippen LogP contribution in [-0.2, 0) is 16.1 Å². The van der Waals surface area contributed by atoms with Crippen molar-refractivity contribution in [1.29, 1.82) is 0 Å². The predicted octanol–water partition coefficient (Wildman–Crippen LogP) is 0.276. The van der Waals surface area contributed by atoms with Crippen LogP contribution in [0.25, 0.3) is 0 Å². The van der Waals surface area contributed by atoms with Gasteiger partial charge in [0.15, 0.2) is 5.71 Å². The van der Waals surface area contributed by atoms with Crippen LogP contribution in [0.15, 0.2) is 23.6 Å². The van der Waals surface area contributed by atoms with Gasteiger partial charge >= 0.3 is 5.97 Å². The molecule has 1 N–H and O–H groups in total. The molecule has 0 aliphatic rings. The van der Waals surface area contributed by atoms with E-state index in [1.54, 1.807) is 25.4 Å². The predicted molar refractivity (Wildman–Crippen MR) is 48.1 cm³/mol. The number of ether oxygens (including phenoxy) is 1. The lowest BCUT2D eigenvalue weighted by Crippen LogP contribution is -2.23. The Kier molecular flexibility index (Phi) is 3.66. The number of carbonyl (C=O) groups excluding carboxylic acids is 1. The highest BCUT2D eigenvalue weighted by molar-refractivity contribution is 6.36. The fraction of sp³-hybridized carbons (Fsp3) is 0.375. The van der Waals surface area contributed by atoms with Crippen molar-refractivity contribution in [2.24, 2.45) is 5.16 Å². The maximum atomic E-state index is 11.1. The zero-order chi connectivity index (χ0) is 10.4. The summed E-state index contributed by atoms with van der Waals surface area (Å²) in [6.45, 7) is 2.03. The molecule has 6 heteroatoms. The van der Waals surface area contributed by atoms with Crippen molar-refractivity contribution in [3.05, 3.63) is 18.5 Å². The maximum absolute atomic E-state index is 11.1. The topological polar surface area (TPSA) is 76.7 Å². The number of nitrogens with zero attached hydrogens (tertiary/aromatic N) is 3. The molecule has 0 saturated heterocycles. The van der Waals surface area contributed by atoms with E-state index in [0.717, 1.165) is 0 Å². The third kappa shape index (κ3) is 2.58. The third-order valence-corrected chi connectivity index (χ3v) is 1.50. The molecule has 1 aromatic heterocycles. The first-order valence-corrected chi connectivity index (χ1v) is 4.13. The van der Waals surface area contributed by atoms with E-state index in [-0.39, 0.29) is 18.9 Å². The van der Waals surface area contributed by atoms with Gasteiger partial charge in [-0.05, 0) is 13.0 Å². The Morgan fingerprint density at radius 1 is 1.71 bits per heavy atom. The lowest BCUT2D eigenvalue weighted by molar-refractivity contribution is -0.135. The number of aromatic nitrogens is 2. The zero-order valence-corrected chi connectivity index (χ0v) is 7.75. The van der Waals surface area contributed by atoms with E-state index in [1.165, 1.54) is 4.68 Å². The number of hydrogen-bond acceptors (Lipinski definition) is 5. The van der Waals surface area contributed by atoms with Crippen molar-refractivity contribution in [3.8, 4) is 0 Å². The molecule has 0 atom stereocenters. The minimum atomic E-state index is -0.634. The molecule has 1 heterocycles. The monoisotopic (exact) mass is 197 g/mol. The van der Waals surface area contributed by atoms with Crippen LogP contribution in [0.5, 0.6) is 0 Å². The van der Waals surface area contributed by atoms with Gasteiger partial charge in [-0.25, -0.2) is 4.79 Å². The van der Waals surface area contributed by atoms with E-state index < -0.39 is 5.97 Å². The second kappa shape index (κ2) is 5.00. The fourth-order valence-electron chi connectivity index (χ4n) is 0.899. The molecule has 6 nitrogen and oxygen atoms in total. The third-order valence-electron chi connectivity index (χ3n) is 1.50. The summed E-state index contributed by atoms with van der Waals surface area (Å²) in [5.74, 6) is -0.634. The van der Waals surface area contributed by atoms with E-state index >= 15 is 0 Å². The Labute approximate surface area is 80.8 Å². The van der Waals surface area contributed by atoms with Crippen molar-refractivity contribution in [2.75, 3.05) is 6.61 Å². The Morgan fingerprint density at radius 3 is 3.00 bits per heavy atom. The van der Waals surface area contributed by atoms with Crippen molar-refractivity contribution in [3.63, 3.8) is 0 Å². The first-order chi connectivity index (χ1) is 6.77. The van der Waals surface area contributed by atoms with Crippen LogP contribution in [0.2, 0.25) is 0 Å². The fourth-order valence-corrected chi connectivity index (χ4v) is 0.899. The molecule has 0 aliphatic heterocycles. The summed E-state index contributed by atoms with van der Waals surface area (Å²) in [7, 11) is 0. The average molecular weight is 197 g/mol. The molecule has 0 fully saturated rings. The summed E-state index contributed by atoms with van der Waals surface area (Å²) < 4.78 is 6.14. The van der Waals surface area contributed by atoms with Gasteiger partial charge in [-0.3, -0.25) is 4.68 Å². The molecule has 1 rings (SSSR count). The highest BCUT2D eigenvalue weighted by Gasteiger charge is 2.13. The molecule has 0 saturated carbocycles. The van der Waals surface area contributed by atoms with E-state index in [0.29, 0.717) is 0 Å². The van der Waals surface area contributed by atoms with Gasteiger partial charge in [-0.2, -0.15) is 5.10 Å². The van der Waals surface area contributed by atoms with Gasteiger partial charge in [0.25, 0.3) is 0 Å². The quantitative estimate of drug-likeness (QED) is 0.325. The van der Waals surface area contributed by atoms with Crippen molar-refractivity contribution in [2.45, 2.75) is 13.5 Å². The van der Waals surface area contributed by atoms with Crippen LogP contribution in [0.1, 0.15) is 6.92 Å². The number of esters is 1. The molecule has 0 radical (unpaired) electrons. The highest BCUT2D eigenvalue weighted by Crippen LogP contribution is 1.91. The summed E-state index contributed by atoms with van der Waals surface area (Å²) >= 11 is 0. The van der Waals surface area contributed by atoms with Crippen LogP contribution in [-0.4, -0.2) is 33.3 Å². The standard InChI is InChI=1S/C8H11N3O3/c1-2-14-8(12)7(10-13)6-11-5-3-4-9-11/h3-5,13H,2,6H2,1H3/b10-7+. The maximum Gasteiger partial charge on any atom is 0.358 e. The summed E-state index contributed by atoms with van der Waals surface area (Å²) in [4.78, 5) is 11.1. The molecule has 1 aromatic rings. The van der Waals surface area contributed by atoms with Crippen molar-refractivity contribution < 1.29 is 14.7 Å². The molecular weight excluding hydrogens is 186 g/mol. The second-order valence-corrected chi connectivity index (χ2v) is 2.47. The van der Waals surface area contributed by atoms with Gasteiger partial charge < -0.3 is 9.94 Å². The van der Waals surface area contributed by atoms with Gasteiger partial charge in [0.2, 0.25) is 0 Å².